The first kappa shape index (κ1) is 19.3. The fourth-order valence-electron chi connectivity index (χ4n) is 3.29. The summed E-state index contributed by atoms with van der Waals surface area (Å²) >= 11 is 2.29. The van der Waals surface area contributed by atoms with E-state index in [4.69, 9.17) is 0 Å². The molecule has 4 nitrogen and oxygen atoms in total. The molecule has 0 bridgehead atoms. The van der Waals surface area contributed by atoms with Gasteiger partial charge in [0.15, 0.2) is 0 Å². The van der Waals surface area contributed by atoms with E-state index in [1.165, 1.54) is 24.3 Å². The summed E-state index contributed by atoms with van der Waals surface area (Å²) in [5, 5.41) is 0. The van der Waals surface area contributed by atoms with Crippen molar-refractivity contribution >= 4 is 29.3 Å². The fourth-order valence-corrected chi connectivity index (χ4v) is 4.47. The number of halogens is 2. The minimum absolute atomic E-state index is 0.00647. The van der Waals surface area contributed by atoms with E-state index in [-0.39, 0.29) is 25.4 Å². The van der Waals surface area contributed by atoms with Crippen LogP contribution in [-0.2, 0) is 19.4 Å². The monoisotopic (exact) mass is 535 g/mol. The summed E-state index contributed by atoms with van der Waals surface area (Å²) in [4.78, 5) is 8.62. The van der Waals surface area contributed by atoms with Crippen molar-refractivity contribution in [1.29, 1.82) is 0 Å². The van der Waals surface area contributed by atoms with Gasteiger partial charge in [0.2, 0.25) is 0 Å². The van der Waals surface area contributed by atoms with Gasteiger partial charge in [-0.25, -0.2) is 0 Å². The molecular weight excluding hydrogens is 515 g/mol. The first-order chi connectivity index (χ1) is 12.3. The Balaban J connectivity index is 2.11. The average molecular weight is 535 g/mol. The Morgan fingerprint density at radius 2 is 1.00 bits per heavy atom. The van der Waals surface area contributed by atoms with Gasteiger partial charge in [-0.2, -0.15) is 0 Å². The molecule has 1 aliphatic heterocycles. The maximum atomic E-state index is 13.4. The molecule has 0 spiro atoms. The van der Waals surface area contributed by atoms with E-state index in [9.17, 15) is 8.78 Å². The van der Waals surface area contributed by atoms with Crippen LogP contribution in [0.25, 0.3) is 0 Å². The summed E-state index contributed by atoms with van der Waals surface area (Å²) < 4.78 is 27.8. The molecule has 1 aliphatic rings. The number of nitrogens with zero attached hydrogens (tertiary/aromatic N) is 4. The molecule has 0 atom stereocenters. The molecule has 9 heteroatoms. The summed E-state index contributed by atoms with van der Waals surface area (Å²) in [5.74, 6) is -0.520. The summed E-state index contributed by atoms with van der Waals surface area (Å²) in [5.41, 5.74) is 1.82. The second-order valence-electron chi connectivity index (χ2n) is 6.69. The second-order valence-corrected chi connectivity index (χ2v) is 7.70. The van der Waals surface area contributed by atoms with Gasteiger partial charge in [-0.15, -0.1) is 0 Å². The molecule has 26 heavy (non-hydrogen) atoms. The van der Waals surface area contributed by atoms with E-state index in [2.05, 4.69) is 38.6 Å². The van der Waals surface area contributed by atoms with E-state index in [0.717, 1.165) is 15.5 Å². The molecule has 3 rings (SSSR count). The van der Waals surface area contributed by atoms with Gasteiger partial charge in [-0.05, 0) is 0 Å². The molecule has 1 fully saturated rings. The third kappa shape index (κ3) is 3.50. The Bertz CT molecular complexity index is 721. The molecule has 0 radical (unpaired) electrons. The number of anilines is 2. The van der Waals surface area contributed by atoms with Crippen LogP contribution in [0.4, 0.5) is 20.2 Å². The summed E-state index contributed by atoms with van der Waals surface area (Å²) in [6.07, 6.45) is 0. The SMILES string of the molecule is CN(C)B1B(N(C)C)N(c2ccc(F)cc2)[C](=[Pt])N1c1ccc(F)cc1. The van der Waals surface area contributed by atoms with Gasteiger partial charge >= 0.3 is 165 Å². The number of benzene rings is 2. The van der Waals surface area contributed by atoms with Crippen molar-refractivity contribution in [3.63, 3.8) is 0 Å². The number of hydrogen-bond donors (Lipinski definition) is 0. The predicted molar refractivity (Wildman–Crippen MR) is 102 cm³/mol. The van der Waals surface area contributed by atoms with Gasteiger partial charge < -0.3 is 0 Å². The molecule has 0 aliphatic carbocycles. The Hall–Kier alpha value is -1.49. The topological polar surface area (TPSA) is 13.0 Å². The number of hydrogen-bond acceptors (Lipinski definition) is 4. The van der Waals surface area contributed by atoms with Gasteiger partial charge in [0.05, 0.1) is 0 Å². The van der Waals surface area contributed by atoms with Crippen LogP contribution >= 0.6 is 0 Å². The Morgan fingerprint density at radius 1 is 0.692 bits per heavy atom. The Morgan fingerprint density at radius 3 is 1.27 bits per heavy atom. The molecule has 1 saturated heterocycles. The van der Waals surface area contributed by atoms with Crippen molar-refractivity contribution in [1.82, 2.24) is 9.62 Å². The summed E-state index contributed by atoms with van der Waals surface area (Å²) in [7, 11) is 8.10. The quantitative estimate of drug-likeness (QED) is 0.557. The first-order valence-electron chi connectivity index (χ1n) is 8.23. The van der Waals surface area contributed by atoms with Crippen molar-refractivity contribution in [2.24, 2.45) is 0 Å². The summed E-state index contributed by atoms with van der Waals surface area (Å²) in [6.45, 7) is -0.0129. The zero-order valence-electron chi connectivity index (χ0n) is 15.1. The van der Waals surface area contributed by atoms with Crippen LogP contribution in [0.3, 0.4) is 0 Å². The molecular formula is C17H20B2F2N4Pt. The minimum atomic E-state index is -0.260. The van der Waals surface area contributed by atoms with Gasteiger partial charge in [0.25, 0.3) is 0 Å². The molecule has 0 N–H and O–H groups in total. The van der Waals surface area contributed by atoms with E-state index in [0.29, 0.717) is 0 Å². The average Bonchev–Trinajstić information content (AvgIpc) is 2.90. The van der Waals surface area contributed by atoms with Crippen LogP contribution in [-0.4, -0.2) is 55.7 Å². The van der Waals surface area contributed by atoms with Crippen LogP contribution < -0.4 is 9.62 Å². The van der Waals surface area contributed by atoms with E-state index in [1.807, 2.05) is 28.2 Å². The van der Waals surface area contributed by atoms with Crippen molar-refractivity contribution < 1.29 is 28.1 Å². The fraction of sp³-hybridized carbons (Fsp3) is 0.235. The maximum absolute atomic E-state index is 13.4. The molecule has 0 unspecified atom stereocenters. The second kappa shape index (κ2) is 7.63. The van der Waals surface area contributed by atoms with Crippen molar-refractivity contribution in [3.8, 4) is 0 Å². The van der Waals surface area contributed by atoms with Crippen molar-refractivity contribution in [3.05, 3.63) is 60.2 Å². The standard InChI is InChI=1S/C17H20B2F2N4.Pt/c1-22(2)18-19(23(3)4)25(17-11-7-15(21)8-12-17)13-24(18)16-9-5-14(20)6-10-16;/h5-12H,1-4H3;. The zero-order chi connectivity index (χ0) is 19.0. The van der Waals surface area contributed by atoms with E-state index >= 15 is 0 Å². The van der Waals surface area contributed by atoms with Crippen LogP contribution in [0.5, 0.6) is 0 Å². The Kier molecular flexibility index (Phi) is 5.66. The van der Waals surface area contributed by atoms with Crippen molar-refractivity contribution in [2.75, 3.05) is 37.8 Å². The van der Waals surface area contributed by atoms with Crippen molar-refractivity contribution in [2.45, 2.75) is 0 Å². The van der Waals surface area contributed by atoms with E-state index < -0.39 is 0 Å². The zero-order valence-corrected chi connectivity index (χ0v) is 17.4. The van der Waals surface area contributed by atoms with E-state index in [1.54, 1.807) is 24.3 Å². The first-order valence-corrected chi connectivity index (χ1v) is 9.36. The summed E-state index contributed by atoms with van der Waals surface area (Å²) in [6, 6.07) is 13.0. The molecule has 0 aromatic heterocycles. The molecule has 138 valence electrons. The molecule has 0 saturated carbocycles. The predicted octanol–water partition coefficient (Wildman–Crippen LogP) is 2.10. The van der Waals surface area contributed by atoms with Gasteiger partial charge in [-0.1, -0.05) is 0 Å². The third-order valence-electron chi connectivity index (χ3n) is 4.43. The van der Waals surface area contributed by atoms with Gasteiger partial charge in [0, 0.05) is 0 Å². The molecule has 2 aromatic rings. The molecule has 2 aromatic carbocycles. The molecule has 1 heterocycles. The normalized spacial score (nSPS) is 15.1. The van der Waals surface area contributed by atoms with Crippen LogP contribution in [0.2, 0.25) is 0 Å². The van der Waals surface area contributed by atoms with Crippen LogP contribution in [0.15, 0.2) is 48.5 Å². The third-order valence-corrected chi connectivity index (χ3v) is 5.53. The van der Waals surface area contributed by atoms with Gasteiger partial charge in [0.1, 0.15) is 0 Å². The Labute approximate surface area is 165 Å². The molecule has 0 amide bonds. The van der Waals surface area contributed by atoms with Crippen LogP contribution in [0.1, 0.15) is 0 Å². The number of rotatable bonds is 4. The van der Waals surface area contributed by atoms with Gasteiger partial charge in [-0.3, -0.25) is 0 Å². The van der Waals surface area contributed by atoms with Crippen LogP contribution in [0, 0.1) is 11.6 Å².